The van der Waals surface area contributed by atoms with E-state index in [4.69, 9.17) is 14.6 Å². The average Bonchev–Trinajstić information content (AvgIpc) is 2.46. The standard InChI is InChI=1S/C16H15BrO4/c1-11-4-2-3-5-14(11)20-8-9-21-15-10-12(16(18)19)6-7-13(15)17/h2-7,10H,8-9H2,1H3,(H,18,19). The summed E-state index contributed by atoms with van der Waals surface area (Å²) in [5, 5.41) is 8.96. The second-order valence-corrected chi connectivity index (χ2v) is 5.27. The van der Waals surface area contributed by atoms with Gasteiger partial charge in [-0.2, -0.15) is 0 Å². The van der Waals surface area contributed by atoms with Crippen LogP contribution in [0.4, 0.5) is 0 Å². The topological polar surface area (TPSA) is 55.8 Å². The molecule has 21 heavy (non-hydrogen) atoms. The Morgan fingerprint density at radius 1 is 1.10 bits per heavy atom. The first-order valence-corrected chi connectivity index (χ1v) is 7.21. The van der Waals surface area contributed by atoms with Gasteiger partial charge in [-0.05, 0) is 52.7 Å². The van der Waals surface area contributed by atoms with Gasteiger partial charge in [0, 0.05) is 0 Å². The SMILES string of the molecule is Cc1ccccc1OCCOc1cc(C(=O)O)ccc1Br. The van der Waals surface area contributed by atoms with Gasteiger partial charge in [0.15, 0.2) is 0 Å². The van der Waals surface area contributed by atoms with Gasteiger partial charge >= 0.3 is 5.97 Å². The van der Waals surface area contributed by atoms with E-state index in [1.54, 1.807) is 6.07 Å². The van der Waals surface area contributed by atoms with Crippen LogP contribution in [0.15, 0.2) is 46.9 Å². The highest BCUT2D eigenvalue weighted by Gasteiger charge is 2.08. The zero-order chi connectivity index (χ0) is 15.2. The summed E-state index contributed by atoms with van der Waals surface area (Å²) >= 11 is 3.33. The third-order valence-corrected chi connectivity index (χ3v) is 3.53. The normalized spacial score (nSPS) is 10.2. The third kappa shape index (κ3) is 4.23. The molecular weight excluding hydrogens is 336 g/mol. The number of ether oxygens (including phenoxy) is 2. The molecule has 0 fully saturated rings. The van der Waals surface area contributed by atoms with Gasteiger partial charge in [0.25, 0.3) is 0 Å². The number of halogens is 1. The number of carbonyl (C=O) groups is 1. The molecule has 2 aromatic rings. The number of carboxylic acid groups (broad SMARTS) is 1. The van der Waals surface area contributed by atoms with E-state index in [2.05, 4.69) is 15.9 Å². The Hall–Kier alpha value is -2.01. The van der Waals surface area contributed by atoms with Gasteiger partial charge in [0.2, 0.25) is 0 Å². The summed E-state index contributed by atoms with van der Waals surface area (Å²) in [6.07, 6.45) is 0. The van der Waals surface area contributed by atoms with Gasteiger partial charge in [-0.15, -0.1) is 0 Å². The van der Waals surface area contributed by atoms with Crippen LogP contribution in [0.2, 0.25) is 0 Å². The van der Waals surface area contributed by atoms with Crippen LogP contribution in [0.25, 0.3) is 0 Å². The monoisotopic (exact) mass is 350 g/mol. The molecule has 2 aromatic carbocycles. The maximum atomic E-state index is 10.9. The second kappa shape index (κ2) is 7.13. The molecule has 0 spiro atoms. The predicted octanol–water partition coefficient (Wildman–Crippen LogP) is 3.91. The zero-order valence-electron chi connectivity index (χ0n) is 11.5. The first-order valence-electron chi connectivity index (χ1n) is 6.42. The van der Waals surface area contributed by atoms with E-state index in [-0.39, 0.29) is 5.56 Å². The predicted molar refractivity (Wildman–Crippen MR) is 83.3 cm³/mol. The Bertz CT molecular complexity index is 640. The van der Waals surface area contributed by atoms with Gasteiger partial charge in [0.05, 0.1) is 10.0 Å². The van der Waals surface area contributed by atoms with E-state index < -0.39 is 5.97 Å². The highest BCUT2D eigenvalue weighted by Crippen LogP contribution is 2.26. The minimum absolute atomic E-state index is 0.188. The zero-order valence-corrected chi connectivity index (χ0v) is 13.1. The molecule has 0 atom stereocenters. The van der Waals surface area contributed by atoms with Crippen molar-refractivity contribution in [3.05, 3.63) is 58.1 Å². The van der Waals surface area contributed by atoms with Crippen molar-refractivity contribution >= 4 is 21.9 Å². The molecule has 0 amide bonds. The highest BCUT2D eigenvalue weighted by atomic mass is 79.9. The number of benzene rings is 2. The van der Waals surface area contributed by atoms with Gasteiger partial charge in [-0.1, -0.05) is 18.2 Å². The van der Waals surface area contributed by atoms with Crippen molar-refractivity contribution in [3.8, 4) is 11.5 Å². The van der Waals surface area contributed by atoms with Crippen LogP contribution in [0.1, 0.15) is 15.9 Å². The molecule has 0 aromatic heterocycles. The molecule has 0 saturated carbocycles. The first-order chi connectivity index (χ1) is 10.1. The largest absolute Gasteiger partial charge is 0.490 e. The molecular formula is C16H15BrO4. The van der Waals surface area contributed by atoms with Crippen molar-refractivity contribution in [2.75, 3.05) is 13.2 Å². The van der Waals surface area contributed by atoms with E-state index in [1.807, 2.05) is 31.2 Å². The Kier molecular flexibility index (Phi) is 5.22. The summed E-state index contributed by atoms with van der Waals surface area (Å²) in [5.41, 5.74) is 1.25. The van der Waals surface area contributed by atoms with E-state index in [1.165, 1.54) is 12.1 Å². The number of hydrogen-bond donors (Lipinski definition) is 1. The Morgan fingerprint density at radius 2 is 1.76 bits per heavy atom. The van der Waals surface area contributed by atoms with Crippen LogP contribution in [0, 0.1) is 6.92 Å². The fourth-order valence-electron chi connectivity index (χ4n) is 1.77. The summed E-state index contributed by atoms with van der Waals surface area (Å²) in [5.74, 6) is 0.325. The van der Waals surface area contributed by atoms with Crippen molar-refractivity contribution in [2.24, 2.45) is 0 Å². The fourth-order valence-corrected chi connectivity index (χ4v) is 2.13. The Labute approximate surface area is 131 Å². The quantitative estimate of drug-likeness (QED) is 0.802. The van der Waals surface area contributed by atoms with Gasteiger partial charge in [-0.3, -0.25) is 0 Å². The molecule has 4 nitrogen and oxygen atoms in total. The van der Waals surface area contributed by atoms with Crippen LogP contribution in [0.5, 0.6) is 11.5 Å². The van der Waals surface area contributed by atoms with Crippen LogP contribution < -0.4 is 9.47 Å². The summed E-state index contributed by atoms with van der Waals surface area (Å²) in [6, 6.07) is 12.4. The molecule has 0 bridgehead atoms. The smallest absolute Gasteiger partial charge is 0.335 e. The molecule has 0 heterocycles. The maximum Gasteiger partial charge on any atom is 0.335 e. The lowest BCUT2D eigenvalue weighted by atomic mass is 10.2. The van der Waals surface area contributed by atoms with E-state index in [0.29, 0.717) is 23.4 Å². The molecule has 1 N–H and O–H groups in total. The third-order valence-electron chi connectivity index (χ3n) is 2.87. The molecule has 0 aliphatic heterocycles. The van der Waals surface area contributed by atoms with Crippen LogP contribution in [-0.2, 0) is 0 Å². The van der Waals surface area contributed by atoms with E-state index in [0.717, 1.165) is 11.3 Å². The maximum absolute atomic E-state index is 10.9. The Balaban J connectivity index is 1.90. The van der Waals surface area contributed by atoms with Crippen LogP contribution in [0.3, 0.4) is 0 Å². The lowest BCUT2D eigenvalue weighted by Gasteiger charge is -2.11. The lowest BCUT2D eigenvalue weighted by molar-refractivity contribution is 0.0696. The molecule has 0 unspecified atom stereocenters. The van der Waals surface area contributed by atoms with Crippen molar-refractivity contribution in [1.82, 2.24) is 0 Å². The number of para-hydroxylation sites is 1. The summed E-state index contributed by atoms with van der Waals surface area (Å²) in [7, 11) is 0. The minimum Gasteiger partial charge on any atom is -0.490 e. The summed E-state index contributed by atoms with van der Waals surface area (Å²) in [6.45, 7) is 2.69. The molecule has 5 heteroatoms. The van der Waals surface area contributed by atoms with Crippen molar-refractivity contribution < 1.29 is 19.4 Å². The van der Waals surface area contributed by atoms with Gasteiger partial charge in [0.1, 0.15) is 24.7 Å². The number of carboxylic acids is 1. The van der Waals surface area contributed by atoms with Crippen LogP contribution in [-0.4, -0.2) is 24.3 Å². The second-order valence-electron chi connectivity index (χ2n) is 4.41. The molecule has 0 aliphatic rings. The average molecular weight is 351 g/mol. The van der Waals surface area contributed by atoms with Crippen molar-refractivity contribution in [3.63, 3.8) is 0 Å². The van der Waals surface area contributed by atoms with Crippen LogP contribution >= 0.6 is 15.9 Å². The summed E-state index contributed by atoms with van der Waals surface area (Å²) in [4.78, 5) is 10.9. The molecule has 0 radical (unpaired) electrons. The van der Waals surface area contributed by atoms with Crippen molar-refractivity contribution in [2.45, 2.75) is 6.92 Å². The minimum atomic E-state index is -0.983. The number of aromatic carboxylic acids is 1. The lowest BCUT2D eigenvalue weighted by Crippen LogP contribution is -2.10. The van der Waals surface area contributed by atoms with Gasteiger partial charge < -0.3 is 14.6 Å². The van der Waals surface area contributed by atoms with Gasteiger partial charge in [-0.25, -0.2) is 4.79 Å². The molecule has 0 saturated heterocycles. The first kappa shape index (κ1) is 15.4. The molecule has 2 rings (SSSR count). The summed E-state index contributed by atoms with van der Waals surface area (Å²) < 4.78 is 11.9. The molecule has 0 aliphatic carbocycles. The Morgan fingerprint density at radius 3 is 2.43 bits per heavy atom. The number of hydrogen-bond acceptors (Lipinski definition) is 3. The van der Waals surface area contributed by atoms with E-state index in [9.17, 15) is 4.79 Å². The van der Waals surface area contributed by atoms with E-state index >= 15 is 0 Å². The number of rotatable bonds is 6. The fraction of sp³-hybridized carbons (Fsp3) is 0.188. The highest BCUT2D eigenvalue weighted by molar-refractivity contribution is 9.10. The van der Waals surface area contributed by atoms with Crippen molar-refractivity contribution in [1.29, 1.82) is 0 Å². The molecule has 110 valence electrons. The number of aryl methyl sites for hydroxylation is 1.